The van der Waals surface area contributed by atoms with E-state index in [0.717, 1.165) is 38.5 Å². The summed E-state index contributed by atoms with van der Waals surface area (Å²) < 4.78 is 5.38. The maximum absolute atomic E-state index is 14.0. The molecule has 1 saturated carbocycles. The van der Waals surface area contributed by atoms with Crippen LogP contribution in [-0.4, -0.2) is 95.6 Å². The number of piperazine rings is 1. The van der Waals surface area contributed by atoms with Crippen LogP contribution in [0.15, 0.2) is 0 Å². The van der Waals surface area contributed by atoms with Gasteiger partial charge in [-0.3, -0.25) is 14.5 Å². The van der Waals surface area contributed by atoms with Gasteiger partial charge in [0.2, 0.25) is 5.91 Å². The van der Waals surface area contributed by atoms with Gasteiger partial charge >= 0.3 is 0 Å². The highest BCUT2D eigenvalue weighted by molar-refractivity contribution is 6.20. The van der Waals surface area contributed by atoms with Gasteiger partial charge in [0.15, 0.2) is 0 Å². The van der Waals surface area contributed by atoms with Crippen LogP contribution in [0, 0.1) is 23.2 Å². The number of methoxy groups -OCH3 is 1. The number of ether oxygens (including phenoxy) is 1. The molecule has 4 aliphatic rings. The molecule has 3 saturated heterocycles. The van der Waals surface area contributed by atoms with E-state index < -0.39 is 11.6 Å². The number of carbonyl (C=O) groups excluding carboxylic acids is 2. The van der Waals surface area contributed by atoms with E-state index in [4.69, 9.17) is 16.3 Å². The molecule has 0 aromatic carbocycles. The molecule has 184 valence electrons. The highest BCUT2D eigenvalue weighted by Gasteiger charge is 2.63. The third-order valence-corrected chi connectivity index (χ3v) is 8.51. The molecule has 0 aromatic rings. The SMILES string of the molecule is COCC1C(=O)N(CC2CCC(Cl)CC2)C2(CN(C3CCC(C#N)CN3)C2)C(=O)N1C(C)C. The summed E-state index contributed by atoms with van der Waals surface area (Å²) in [5.74, 6) is 0.487. The summed E-state index contributed by atoms with van der Waals surface area (Å²) in [6, 6.07) is 1.69. The maximum atomic E-state index is 14.0. The van der Waals surface area contributed by atoms with Crippen molar-refractivity contribution in [1.82, 2.24) is 20.0 Å². The third-order valence-electron chi connectivity index (χ3n) is 8.08. The Balaban J connectivity index is 1.55. The van der Waals surface area contributed by atoms with Crippen LogP contribution in [0.1, 0.15) is 52.4 Å². The maximum Gasteiger partial charge on any atom is 0.252 e. The predicted octanol–water partition coefficient (Wildman–Crippen LogP) is 1.78. The van der Waals surface area contributed by atoms with Crippen molar-refractivity contribution in [2.75, 3.05) is 39.9 Å². The average molecular weight is 480 g/mol. The Bertz CT molecular complexity index is 765. The monoisotopic (exact) mass is 479 g/mol. The molecule has 8 nitrogen and oxygen atoms in total. The summed E-state index contributed by atoms with van der Waals surface area (Å²) in [7, 11) is 1.58. The average Bonchev–Trinajstić information content (AvgIpc) is 2.77. The number of rotatable bonds is 6. The number of amides is 2. The Morgan fingerprint density at radius 1 is 1.18 bits per heavy atom. The van der Waals surface area contributed by atoms with E-state index in [1.165, 1.54) is 0 Å². The predicted molar refractivity (Wildman–Crippen MR) is 125 cm³/mol. The number of hydrogen-bond donors (Lipinski definition) is 1. The number of alkyl halides is 1. The standard InChI is InChI=1S/C24H38ClN5O3/c1-16(2)30-20(13-33-3)22(31)29(12-17-4-7-19(25)8-5-17)24(23(30)32)14-28(15-24)21-9-6-18(10-26)11-27-21/h16-21,27H,4-9,11-15H2,1-3H3. The zero-order chi connectivity index (χ0) is 23.8. The van der Waals surface area contributed by atoms with E-state index >= 15 is 0 Å². The molecular formula is C24H38ClN5O3. The number of carbonyl (C=O) groups is 2. The van der Waals surface area contributed by atoms with Crippen LogP contribution in [0.3, 0.4) is 0 Å². The minimum atomic E-state index is -0.808. The van der Waals surface area contributed by atoms with E-state index in [-0.39, 0.29) is 41.9 Å². The number of piperidine rings is 1. The van der Waals surface area contributed by atoms with Gasteiger partial charge in [-0.1, -0.05) is 0 Å². The lowest BCUT2D eigenvalue weighted by Crippen LogP contribution is -2.85. The summed E-state index contributed by atoms with van der Waals surface area (Å²) >= 11 is 6.32. The molecule has 1 N–H and O–H groups in total. The van der Waals surface area contributed by atoms with Crippen molar-refractivity contribution in [1.29, 1.82) is 5.26 Å². The van der Waals surface area contributed by atoms with Gasteiger partial charge in [0.05, 0.1) is 24.8 Å². The van der Waals surface area contributed by atoms with Crippen LogP contribution in [-0.2, 0) is 14.3 Å². The molecule has 0 aromatic heterocycles. The van der Waals surface area contributed by atoms with Gasteiger partial charge in [-0.05, 0) is 58.3 Å². The van der Waals surface area contributed by atoms with Crippen LogP contribution < -0.4 is 5.32 Å². The highest BCUT2D eigenvalue weighted by Crippen LogP contribution is 2.40. The fraction of sp³-hybridized carbons (Fsp3) is 0.875. The Morgan fingerprint density at radius 2 is 1.88 bits per heavy atom. The van der Waals surface area contributed by atoms with E-state index in [9.17, 15) is 14.9 Å². The molecule has 1 aliphatic carbocycles. The molecule has 1 spiro atoms. The quantitative estimate of drug-likeness (QED) is 0.584. The van der Waals surface area contributed by atoms with Crippen molar-refractivity contribution >= 4 is 23.4 Å². The van der Waals surface area contributed by atoms with Gasteiger partial charge in [0.25, 0.3) is 5.91 Å². The fourth-order valence-corrected chi connectivity index (χ4v) is 6.41. The molecule has 3 unspecified atom stereocenters. The lowest BCUT2D eigenvalue weighted by Gasteiger charge is -2.62. The van der Waals surface area contributed by atoms with Gasteiger partial charge in [-0.15, -0.1) is 11.6 Å². The first-order chi connectivity index (χ1) is 15.8. The summed E-state index contributed by atoms with van der Waals surface area (Å²) in [6.07, 6.45) is 5.82. The molecule has 33 heavy (non-hydrogen) atoms. The third kappa shape index (κ3) is 4.62. The van der Waals surface area contributed by atoms with E-state index in [1.807, 2.05) is 18.7 Å². The zero-order valence-corrected chi connectivity index (χ0v) is 20.9. The van der Waals surface area contributed by atoms with Crippen molar-refractivity contribution in [2.45, 2.75) is 81.5 Å². The zero-order valence-electron chi connectivity index (χ0n) is 20.1. The lowest BCUT2D eigenvalue weighted by atomic mass is 9.78. The normalized spacial score (nSPS) is 35.1. The molecule has 4 fully saturated rings. The summed E-state index contributed by atoms with van der Waals surface area (Å²) in [4.78, 5) is 33.8. The van der Waals surface area contributed by atoms with Crippen LogP contribution in [0.2, 0.25) is 0 Å². The van der Waals surface area contributed by atoms with Gasteiger partial charge in [-0.25, -0.2) is 0 Å². The van der Waals surface area contributed by atoms with Crippen LogP contribution in [0.5, 0.6) is 0 Å². The second-order valence-corrected chi connectivity index (χ2v) is 11.2. The first-order valence-corrected chi connectivity index (χ1v) is 12.9. The highest BCUT2D eigenvalue weighted by atomic mass is 35.5. The summed E-state index contributed by atoms with van der Waals surface area (Å²) in [5, 5.41) is 12.9. The number of nitriles is 1. The minimum Gasteiger partial charge on any atom is -0.382 e. The van der Waals surface area contributed by atoms with E-state index in [1.54, 1.807) is 12.0 Å². The Hall–Kier alpha value is -1.40. The van der Waals surface area contributed by atoms with Crippen molar-refractivity contribution in [3.63, 3.8) is 0 Å². The van der Waals surface area contributed by atoms with Gasteiger partial charge in [-0.2, -0.15) is 5.26 Å². The topological polar surface area (TPSA) is 88.9 Å². The number of halogens is 1. The molecule has 3 atom stereocenters. The Labute approximate surface area is 202 Å². The van der Waals surface area contributed by atoms with Crippen LogP contribution in [0.25, 0.3) is 0 Å². The largest absolute Gasteiger partial charge is 0.382 e. The van der Waals surface area contributed by atoms with Gasteiger partial charge in [0, 0.05) is 44.7 Å². The first kappa shape index (κ1) is 24.7. The van der Waals surface area contributed by atoms with Crippen molar-refractivity contribution < 1.29 is 14.3 Å². The second kappa shape index (κ2) is 10.1. The molecule has 2 amide bonds. The van der Waals surface area contributed by atoms with Crippen LogP contribution in [0.4, 0.5) is 0 Å². The van der Waals surface area contributed by atoms with E-state index in [0.29, 0.717) is 32.1 Å². The molecule has 9 heteroatoms. The Morgan fingerprint density at radius 3 is 2.42 bits per heavy atom. The van der Waals surface area contributed by atoms with Crippen molar-refractivity contribution in [3.8, 4) is 6.07 Å². The summed E-state index contributed by atoms with van der Waals surface area (Å²) in [5.41, 5.74) is -0.808. The number of nitrogens with one attached hydrogen (secondary N) is 1. The smallest absolute Gasteiger partial charge is 0.252 e. The second-order valence-electron chi connectivity index (χ2n) is 10.6. The van der Waals surface area contributed by atoms with Crippen molar-refractivity contribution in [3.05, 3.63) is 0 Å². The molecular weight excluding hydrogens is 442 g/mol. The first-order valence-electron chi connectivity index (χ1n) is 12.4. The van der Waals surface area contributed by atoms with Gasteiger partial charge in [0.1, 0.15) is 11.6 Å². The number of likely N-dealkylation sites (tertiary alicyclic amines) is 1. The molecule has 3 aliphatic heterocycles. The molecule has 0 radical (unpaired) electrons. The molecule has 0 bridgehead atoms. The number of nitrogens with zero attached hydrogens (tertiary/aromatic N) is 4. The van der Waals surface area contributed by atoms with Crippen molar-refractivity contribution in [2.24, 2.45) is 11.8 Å². The van der Waals surface area contributed by atoms with Crippen LogP contribution >= 0.6 is 11.6 Å². The minimum absolute atomic E-state index is 0.0129. The lowest BCUT2D eigenvalue weighted by molar-refractivity contribution is -0.193. The molecule has 3 heterocycles. The fourth-order valence-electron chi connectivity index (χ4n) is 6.15. The van der Waals surface area contributed by atoms with E-state index in [2.05, 4.69) is 16.3 Å². The van der Waals surface area contributed by atoms with Gasteiger partial charge < -0.3 is 19.9 Å². The Kier molecular flexibility index (Phi) is 7.54. The number of hydrogen-bond acceptors (Lipinski definition) is 6. The summed E-state index contributed by atoms with van der Waals surface area (Å²) in [6.45, 7) is 6.54. The molecule has 4 rings (SSSR count).